The second-order valence-corrected chi connectivity index (χ2v) is 11.9. The van der Waals surface area contributed by atoms with Gasteiger partial charge in [-0.25, -0.2) is 8.42 Å². The van der Waals surface area contributed by atoms with E-state index in [1.54, 1.807) is 49.4 Å². The smallest absolute Gasteiger partial charge is 0.257 e. The van der Waals surface area contributed by atoms with Crippen LogP contribution in [0.4, 0.5) is 5.69 Å². The summed E-state index contributed by atoms with van der Waals surface area (Å²) in [4.78, 5) is 30.5. The number of fused-ring (bicyclic) bond motifs is 2. The molecule has 0 spiro atoms. The molecule has 0 fully saturated rings. The van der Waals surface area contributed by atoms with Gasteiger partial charge in [-0.1, -0.05) is 6.92 Å². The summed E-state index contributed by atoms with van der Waals surface area (Å²) in [6.45, 7) is 6.21. The van der Waals surface area contributed by atoms with Gasteiger partial charge in [0.15, 0.2) is 11.5 Å². The Morgan fingerprint density at radius 1 is 1.05 bits per heavy atom. The fourth-order valence-electron chi connectivity index (χ4n) is 4.57. The molecule has 212 valence electrons. The van der Waals surface area contributed by atoms with E-state index in [4.69, 9.17) is 18.9 Å². The monoisotopic (exact) mass is 561 g/mol. The third-order valence-corrected chi connectivity index (χ3v) is 8.29. The molecule has 2 amide bonds. The zero-order chi connectivity index (χ0) is 28.3. The average molecular weight is 562 g/mol. The van der Waals surface area contributed by atoms with Gasteiger partial charge >= 0.3 is 0 Å². The highest BCUT2D eigenvalue weighted by molar-refractivity contribution is 7.92. The first-order valence-electron chi connectivity index (χ1n) is 12.8. The van der Waals surface area contributed by atoms with Gasteiger partial charge in [0.05, 0.1) is 23.5 Å². The predicted octanol–water partition coefficient (Wildman–Crippen LogP) is 2.82. The number of benzene rings is 2. The van der Waals surface area contributed by atoms with E-state index in [2.05, 4.69) is 4.72 Å². The molecule has 0 saturated carbocycles. The summed E-state index contributed by atoms with van der Waals surface area (Å²) in [6, 6.07) is 9.31. The highest BCUT2D eigenvalue weighted by atomic mass is 32.2. The molecule has 3 atom stereocenters. The third-order valence-electron chi connectivity index (χ3n) is 6.98. The second-order valence-electron chi connectivity index (χ2n) is 9.84. The number of rotatable bonds is 5. The summed E-state index contributed by atoms with van der Waals surface area (Å²) in [7, 11) is -0.315. The normalized spacial score (nSPS) is 21.9. The topological polar surface area (TPSA) is 124 Å². The number of ether oxygens (including phenoxy) is 4. The first kappa shape index (κ1) is 28.5. The molecule has 2 heterocycles. The highest BCUT2D eigenvalue weighted by Crippen LogP contribution is 2.33. The molecule has 1 N–H and O–H groups in total. The van der Waals surface area contributed by atoms with Crippen LogP contribution in [0, 0.1) is 5.92 Å². The molecule has 12 heteroatoms. The van der Waals surface area contributed by atoms with Crippen LogP contribution in [-0.2, 0) is 14.8 Å². The lowest BCUT2D eigenvalue weighted by molar-refractivity contribution is 0.0111. The number of carbonyl (C=O) groups excluding carboxylic acids is 2. The Kier molecular flexibility index (Phi) is 8.55. The van der Waals surface area contributed by atoms with Gasteiger partial charge in [-0.2, -0.15) is 0 Å². The maximum absolute atomic E-state index is 13.7. The number of amides is 2. The SMILES string of the molecule is CCS(=O)(=O)Nc1ccc2c(c1)C(=O)N(C)C[C@H](OC)[C@H](C)CN(C(=O)c1ccc3c(c1)OCO3)[C@@H](C)CO2. The Morgan fingerprint density at radius 3 is 2.49 bits per heavy atom. The largest absolute Gasteiger partial charge is 0.491 e. The summed E-state index contributed by atoms with van der Waals surface area (Å²) in [5.74, 6) is 0.630. The minimum absolute atomic E-state index is 0.102. The van der Waals surface area contributed by atoms with Gasteiger partial charge in [-0.15, -0.1) is 0 Å². The van der Waals surface area contributed by atoms with Crippen molar-refractivity contribution >= 4 is 27.5 Å². The molecule has 11 nitrogen and oxygen atoms in total. The maximum atomic E-state index is 13.7. The number of sulfonamides is 1. The van der Waals surface area contributed by atoms with Crippen LogP contribution in [0.3, 0.4) is 0 Å². The van der Waals surface area contributed by atoms with Crippen molar-refractivity contribution in [3.63, 3.8) is 0 Å². The van der Waals surface area contributed by atoms with E-state index in [0.717, 1.165) is 0 Å². The molecular weight excluding hydrogens is 526 g/mol. The van der Waals surface area contributed by atoms with Crippen LogP contribution in [0.25, 0.3) is 0 Å². The summed E-state index contributed by atoms with van der Waals surface area (Å²) in [5.41, 5.74) is 0.926. The average Bonchev–Trinajstić information content (AvgIpc) is 3.40. The number of likely N-dealkylation sites (N-methyl/N-ethyl adjacent to an activating group) is 1. The number of hydrogen-bond donors (Lipinski definition) is 1. The van der Waals surface area contributed by atoms with Gasteiger partial charge in [0.2, 0.25) is 16.8 Å². The van der Waals surface area contributed by atoms with Crippen LogP contribution >= 0.6 is 0 Å². The van der Waals surface area contributed by atoms with Crippen LogP contribution in [0.1, 0.15) is 41.5 Å². The summed E-state index contributed by atoms with van der Waals surface area (Å²) >= 11 is 0. The lowest BCUT2D eigenvalue weighted by Gasteiger charge is -2.36. The number of nitrogens with zero attached hydrogens (tertiary/aromatic N) is 2. The van der Waals surface area contributed by atoms with E-state index in [1.165, 1.54) is 17.9 Å². The Hall–Kier alpha value is -3.51. The Morgan fingerprint density at radius 2 is 1.77 bits per heavy atom. The van der Waals surface area contributed by atoms with Crippen LogP contribution in [0.5, 0.6) is 17.2 Å². The van der Waals surface area contributed by atoms with Crippen LogP contribution in [-0.4, -0.2) is 88.6 Å². The number of methoxy groups -OCH3 is 1. The number of hydrogen-bond acceptors (Lipinski definition) is 8. The molecule has 0 aliphatic carbocycles. The van der Waals surface area contributed by atoms with Gasteiger partial charge < -0.3 is 28.7 Å². The Balaban J connectivity index is 1.68. The Bertz CT molecular complexity index is 1330. The fourth-order valence-corrected chi connectivity index (χ4v) is 5.20. The van der Waals surface area contributed by atoms with Crippen molar-refractivity contribution in [1.82, 2.24) is 9.80 Å². The molecule has 0 aromatic heterocycles. The molecular formula is C27H35N3O8S. The van der Waals surface area contributed by atoms with Crippen molar-refractivity contribution in [3.8, 4) is 17.2 Å². The van der Waals surface area contributed by atoms with Gasteiger partial charge in [-0.3, -0.25) is 14.3 Å². The van der Waals surface area contributed by atoms with E-state index >= 15 is 0 Å². The molecule has 0 unspecified atom stereocenters. The minimum atomic E-state index is -3.54. The zero-order valence-corrected chi connectivity index (χ0v) is 23.6. The predicted molar refractivity (Wildman–Crippen MR) is 145 cm³/mol. The number of carbonyl (C=O) groups is 2. The zero-order valence-electron chi connectivity index (χ0n) is 22.8. The molecule has 2 aliphatic heterocycles. The molecule has 0 saturated heterocycles. The van der Waals surface area contributed by atoms with Gasteiger partial charge in [0.25, 0.3) is 11.8 Å². The van der Waals surface area contributed by atoms with E-state index in [0.29, 0.717) is 23.6 Å². The van der Waals surface area contributed by atoms with Crippen molar-refractivity contribution in [3.05, 3.63) is 47.5 Å². The lowest BCUT2D eigenvalue weighted by Crippen LogP contribution is -2.48. The minimum Gasteiger partial charge on any atom is -0.491 e. The van der Waals surface area contributed by atoms with Crippen molar-refractivity contribution in [1.29, 1.82) is 0 Å². The van der Waals surface area contributed by atoms with Gasteiger partial charge in [0.1, 0.15) is 12.4 Å². The van der Waals surface area contributed by atoms with Gasteiger partial charge in [0, 0.05) is 44.4 Å². The van der Waals surface area contributed by atoms with E-state index < -0.39 is 10.0 Å². The van der Waals surface area contributed by atoms with Crippen molar-refractivity contribution < 1.29 is 37.0 Å². The van der Waals surface area contributed by atoms with Crippen LogP contribution < -0.4 is 18.9 Å². The van der Waals surface area contributed by atoms with Crippen molar-refractivity contribution in [2.24, 2.45) is 5.92 Å². The summed E-state index contributed by atoms with van der Waals surface area (Å²) in [6.07, 6.45) is -0.372. The Labute approximate surface area is 229 Å². The van der Waals surface area contributed by atoms with Crippen molar-refractivity contribution in [2.75, 3.05) is 51.1 Å². The van der Waals surface area contributed by atoms with Crippen LogP contribution in [0.15, 0.2) is 36.4 Å². The highest BCUT2D eigenvalue weighted by Gasteiger charge is 2.31. The summed E-state index contributed by atoms with van der Waals surface area (Å²) in [5, 5.41) is 0. The van der Waals surface area contributed by atoms with E-state index in [9.17, 15) is 18.0 Å². The van der Waals surface area contributed by atoms with Crippen molar-refractivity contribution in [2.45, 2.75) is 32.9 Å². The van der Waals surface area contributed by atoms with E-state index in [1.807, 2.05) is 13.8 Å². The second kappa shape index (κ2) is 11.7. The first-order valence-corrected chi connectivity index (χ1v) is 14.4. The molecule has 2 aliphatic rings. The molecule has 4 rings (SSSR count). The number of anilines is 1. The molecule has 39 heavy (non-hydrogen) atoms. The third kappa shape index (κ3) is 6.39. The maximum Gasteiger partial charge on any atom is 0.257 e. The molecule has 2 aromatic carbocycles. The van der Waals surface area contributed by atoms with Gasteiger partial charge in [-0.05, 0) is 50.2 Å². The number of nitrogens with one attached hydrogen (secondary N) is 1. The van der Waals surface area contributed by atoms with E-state index in [-0.39, 0.29) is 72.6 Å². The quantitative estimate of drug-likeness (QED) is 0.591. The molecule has 2 aromatic rings. The van der Waals surface area contributed by atoms with Crippen LogP contribution in [0.2, 0.25) is 0 Å². The lowest BCUT2D eigenvalue weighted by atomic mass is 10.0. The fraction of sp³-hybridized carbons (Fsp3) is 0.481. The summed E-state index contributed by atoms with van der Waals surface area (Å²) < 4.78 is 49.4. The molecule has 0 radical (unpaired) electrons. The molecule has 0 bridgehead atoms. The first-order chi connectivity index (χ1) is 18.5. The standard InChI is InChI=1S/C27H35N3O8S/c1-6-39(33,34)28-20-8-10-22-21(12-20)27(32)29(4)14-25(35-5)17(2)13-30(18(3)15-36-22)26(31)19-7-9-23-24(11-19)38-16-37-23/h7-12,17-18,25,28H,6,13-16H2,1-5H3/t17-,18+,25+/m1/s1.